The lowest BCUT2D eigenvalue weighted by Gasteiger charge is -2.27. The molecule has 0 bridgehead atoms. The van der Waals surface area contributed by atoms with Crippen LogP contribution in [0.5, 0.6) is 0 Å². The molecule has 1 aliphatic rings. The predicted molar refractivity (Wildman–Crippen MR) is 93.0 cm³/mol. The largest absolute Gasteiger partial charge is 0.459 e. The van der Waals surface area contributed by atoms with Crippen LogP contribution >= 0.6 is 11.6 Å². The summed E-state index contributed by atoms with van der Waals surface area (Å²) >= 11 is 5.89. The fourth-order valence-electron chi connectivity index (χ4n) is 2.41. The summed E-state index contributed by atoms with van der Waals surface area (Å²) in [6.45, 7) is 1.92. The van der Waals surface area contributed by atoms with Gasteiger partial charge in [-0.05, 0) is 35.9 Å². The summed E-state index contributed by atoms with van der Waals surface area (Å²) < 4.78 is 10.4. The first-order chi connectivity index (χ1) is 12.1. The van der Waals surface area contributed by atoms with E-state index in [4.69, 9.17) is 20.8 Å². The monoisotopic (exact) mass is 360 g/mol. The van der Waals surface area contributed by atoms with Gasteiger partial charge in [0.2, 0.25) is 0 Å². The molecule has 3 rings (SSSR count). The maximum absolute atomic E-state index is 12.8. The number of halogens is 1. The number of nitrogens with one attached hydrogen (secondary N) is 1. The number of nitrogens with zero attached hydrogens (tertiary/aromatic N) is 1. The highest BCUT2D eigenvalue weighted by Gasteiger charge is 2.23. The van der Waals surface area contributed by atoms with Crippen molar-refractivity contribution in [1.82, 2.24) is 10.2 Å². The highest BCUT2D eigenvalue weighted by molar-refractivity contribution is 6.30. The van der Waals surface area contributed by atoms with Crippen molar-refractivity contribution >= 4 is 29.5 Å². The van der Waals surface area contributed by atoms with Crippen LogP contribution in [0.3, 0.4) is 0 Å². The first-order valence-corrected chi connectivity index (χ1v) is 8.20. The van der Waals surface area contributed by atoms with E-state index >= 15 is 0 Å². The van der Waals surface area contributed by atoms with E-state index in [2.05, 4.69) is 5.32 Å². The Morgan fingerprint density at radius 3 is 2.48 bits per heavy atom. The van der Waals surface area contributed by atoms with Crippen molar-refractivity contribution in [1.29, 1.82) is 0 Å². The lowest BCUT2D eigenvalue weighted by molar-refractivity contribution is -0.131. The van der Waals surface area contributed by atoms with Gasteiger partial charge in [0.25, 0.3) is 11.8 Å². The number of hydrogen-bond donors (Lipinski definition) is 1. The summed E-state index contributed by atoms with van der Waals surface area (Å²) in [5, 5.41) is 3.24. The smallest absolute Gasteiger partial charge is 0.291 e. The number of benzene rings is 1. The van der Waals surface area contributed by atoms with Gasteiger partial charge in [0.15, 0.2) is 5.76 Å². The lowest BCUT2D eigenvalue weighted by Crippen LogP contribution is -2.44. The zero-order chi connectivity index (χ0) is 17.6. The Morgan fingerprint density at radius 1 is 1.12 bits per heavy atom. The van der Waals surface area contributed by atoms with Crippen LogP contribution in [0.2, 0.25) is 5.02 Å². The number of amides is 2. The molecular formula is C18H17ClN2O4. The molecular weight excluding hydrogens is 344 g/mol. The average molecular weight is 361 g/mol. The topological polar surface area (TPSA) is 71.8 Å². The van der Waals surface area contributed by atoms with Gasteiger partial charge in [-0.15, -0.1) is 0 Å². The number of carbonyl (C=O) groups is 2. The number of morpholine rings is 1. The van der Waals surface area contributed by atoms with E-state index in [1.807, 2.05) is 0 Å². The van der Waals surface area contributed by atoms with Crippen LogP contribution in [-0.4, -0.2) is 43.0 Å². The summed E-state index contributed by atoms with van der Waals surface area (Å²) in [4.78, 5) is 26.7. The molecule has 0 radical (unpaired) electrons. The molecule has 0 spiro atoms. The van der Waals surface area contributed by atoms with Crippen LogP contribution in [0.4, 0.5) is 0 Å². The van der Waals surface area contributed by atoms with Crippen molar-refractivity contribution in [3.8, 4) is 0 Å². The number of carbonyl (C=O) groups excluding carboxylic acids is 2. The second kappa shape index (κ2) is 8.00. The molecule has 1 aliphatic heterocycles. The minimum absolute atomic E-state index is 0.136. The Balaban J connectivity index is 1.85. The molecule has 2 aromatic rings. The Bertz CT molecular complexity index is 763. The van der Waals surface area contributed by atoms with Gasteiger partial charge in [-0.1, -0.05) is 23.7 Å². The minimum Gasteiger partial charge on any atom is -0.459 e. The maximum atomic E-state index is 12.8. The summed E-state index contributed by atoms with van der Waals surface area (Å²) in [6.07, 6.45) is 3.02. The van der Waals surface area contributed by atoms with E-state index < -0.39 is 5.91 Å². The van der Waals surface area contributed by atoms with Crippen molar-refractivity contribution in [3.05, 3.63) is 64.7 Å². The predicted octanol–water partition coefficient (Wildman–Crippen LogP) is 2.56. The van der Waals surface area contributed by atoms with Gasteiger partial charge in [-0.3, -0.25) is 9.59 Å². The second-order valence-corrected chi connectivity index (χ2v) is 5.88. The van der Waals surface area contributed by atoms with E-state index in [0.717, 1.165) is 5.56 Å². The van der Waals surface area contributed by atoms with Gasteiger partial charge in [0.1, 0.15) is 5.70 Å². The van der Waals surface area contributed by atoms with Crippen molar-refractivity contribution in [2.24, 2.45) is 0 Å². The Kier molecular flexibility index (Phi) is 5.53. The Labute approximate surface area is 150 Å². The molecule has 0 unspecified atom stereocenters. The Morgan fingerprint density at radius 2 is 1.84 bits per heavy atom. The summed E-state index contributed by atoms with van der Waals surface area (Å²) in [5.41, 5.74) is 0.923. The third kappa shape index (κ3) is 4.49. The molecule has 25 heavy (non-hydrogen) atoms. The molecule has 0 aliphatic carbocycles. The summed E-state index contributed by atoms with van der Waals surface area (Å²) in [7, 11) is 0. The third-order valence-electron chi connectivity index (χ3n) is 3.70. The van der Waals surface area contributed by atoms with Crippen LogP contribution in [0.15, 0.2) is 52.8 Å². The van der Waals surface area contributed by atoms with Crippen molar-refractivity contribution in [2.75, 3.05) is 26.3 Å². The molecule has 0 atom stereocenters. The molecule has 0 saturated carbocycles. The third-order valence-corrected chi connectivity index (χ3v) is 3.95. The molecule has 1 aromatic heterocycles. The van der Waals surface area contributed by atoms with Gasteiger partial charge in [0, 0.05) is 18.1 Å². The van der Waals surface area contributed by atoms with Crippen LogP contribution in [-0.2, 0) is 9.53 Å². The SMILES string of the molecule is O=C(N/C(=C\c1ccc(Cl)cc1)C(=O)N1CCOCC1)c1ccco1. The maximum Gasteiger partial charge on any atom is 0.291 e. The van der Waals surface area contributed by atoms with Crippen molar-refractivity contribution in [3.63, 3.8) is 0 Å². The molecule has 6 nitrogen and oxygen atoms in total. The summed E-state index contributed by atoms with van der Waals surface area (Å²) in [5.74, 6) is -0.609. The number of furan rings is 1. The number of hydrogen-bond acceptors (Lipinski definition) is 4. The van der Waals surface area contributed by atoms with Crippen molar-refractivity contribution < 1.29 is 18.7 Å². The average Bonchev–Trinajstić information content (AvgIpc) is 3.18. The summed E-state index contributed by atoms with van der Waals surface area (Å²) in [6, 6.07) is 10.1. The fraction of sp³-hybridized carbons (Fsp3) is 0.222. The fourth-order valence-corrected chi connectivity index (χ4v) is 2.53. The lowest BCUT2D eigenvalue weighted by atomic mass is 10.1. The molecule has 1 fully saturated rings. The number of rotatable bonds is 4. The minimum atomic E-state index is -0.480. The molecule has 2 heterocycles. The first-order valence-electron chi connectivity index (χ1n) is 7.82. The highest BCUT2D eigenvalue weighted by Crippen LogP contribution is 2.14. The van der Waals surface area contributed by atoms with E-state index in [1.165, 1.54) is 12.3 Å². The zero-order valence-electron chi connectivity index (χ0n) is 13.4. The van der Waals surface area contributed by atoms with Gasteiger partial charge >= 0.3 is 0 Å². The highest BCUT2D eigenvalue weighted by atomic mass is 35.5. The van der Waals surface area contributed by atoms with Gasteiger partial charge in [-0.2, -0.15) is 0 Å². The molecule has 1 saturated heterocycles. The van der Waals surface area contributed by atoms with E-state index in [9.17, 15) is 9.59 Å². The van der Waals surface area contributed by atoms with E-state index in [0.29, 0.717) is 31.3 Å². The van der Waals surface area contributed by atoms with Gasteiger partial charge in [-0.25, -0.2) is 0 Å². The molecule has 1 N–H and O–H groups in total. The Hall–Kier alpha value is -2.57. The quantitative estimate of drug-likeness (QED) is 0.850. The van der Waals surface area contributed by atoms with Gasteiger partial charge < -0.3 is 19.4 Å². The molecule has 2 amide bonds. The molecule has 1 aromatic carbocycles. The van der Waals surface area contributed by atoms with Crippen LogP contribution in [0.25, 0.3) is 6.08 Å². The van der Waals surface area contributed by atoms with Gasteiger partial charge in [0.05, 0.1) is 19.5 Å². The second-order valence-electron chi connectivity index (χ2n) is 5.45. The van der Waals surface area contributed by atoms with E-state index in [-0.39, 0.29) is 17.4 Å². The molecule has 130 valence electrons. The normalized spacial score (nSPS) is 15.1. The molecule has 7 heteroatoms. The zero-order valence-corrected chi connectivity index (χ0v) is 14.2. The van der Waals surface area contributed by atoms with Crippen LogP contribution in [0, 0.1) is 0 Å². The van der Waals surface area contributed by atoms with E-state index in [1.54, 1.807) is 41.3 Å². The van der Waals surface area contributed by atoms with Crippen LogP contribution < -0.4 is 5.32 Å². The first kappa shape index (κ1) is 17.3. The van der Waals surface area contributed by atoms with Crippen molar-refractivity contribution in [2.45, 2.75) is 0 Å². The number of ether oxygens (including phenoxy) is 1. The van der Waals surface area contributed by atoms with Crippen LogP contribution in [0.1, 0.15) is 16.1 Å². The standard InChI is InChI=1S/C18H17ClN2O4/c19-14-5-3-13(4-6-14)12-15(18(23)21-7-10-24-11-8-21)20-17(22)16-2-1-9-25-16/h1-6,9,12H,7-8,10-11H2,(H,20,22)/b15-12-.